The summed E-state index contributed by atoms with van der Waals surface area (Å²) in [6.45, 7) is 0.395. The fraction of sp³-hybridized carbons (Fsp3) is 0.500. The van der Waals surface area contributed by atoms with E-state index in [9.17, 15) is 36.2 Å². The zero-order valence-corrected chi connectivity index (χ0v) is 15.0. The Kier molecular flexibility index (Phi) is 4.45. The minimum absolute atomic E-state index is 0.00666. The Morgan fingerprint density at radius 1 is 1.17 bits per heavy atom. The van der Waals surface area contributed by atoms with E-state index >= 15 is 0 Å². The van der Waals surface area contributed by atoms with Crippen LogP contribution in [-0.2, 0) is 16.6 Å². The smallest absolute Gasteiger partial charge is 0.376 e. The van der Waals surface area contributed by atoms with Crippen molar-refractivity contribution in [3.8, 4) is 0 Å². The Balaban J connectivity index is 1.61. The maximum absolute atomic E-state index is 13.6. The number of nitrogens with one attached hydrogen (secondary N) is 2. The van der Waals surface area contributed by atoms with Gasteiger partial charge in [-0.3, -0.25) is 9.89 Å². The number of anilines is 2. The Morgan fingerprint density at radius 3 is 2.50 bits per heavy atom. The first-order valence-corrected chi connectivity index (χ1v) is 8.72. The Bertz CT molecular complexity index is 972. The number of amides is 1. The van der Waals surface area contributed by atoms with Crippen LogP contribution in [0.2, 0.25) is 0 Å². The van der Waals surface area contributed by atoms with Gasteiger partial charge >= 0.3 is 12.4 Å². The number of rotatable bonds is 2. The quantitative estimate of drug-likeness (QED) is 0.624. The van der Waals surface area contributed by atoms with Crippen molar-refractivity contribution >= 4 is 17.5 Å². The van der Waals surface area contributed by atoms with Crippen molar-refractivity contribution in [1.29, 1.82) is 0 Å². The zero-order valence-electron chi connectivity index (χ0n) is 15.0. The molecule has 3 N–H and O–H groups in total. The first-order valence-electron chi connectivity index (χ1n) is 8.72. The zero-order chi connectivity index (χ0) is 21.9. The molecule has 2 aromatic rings. The number of aliphatic hydroxyl groups is 1. The van der Waals surface area contributed by atoms with Gasteiger partial charge in [-0.1, -0.05) is 0 Å². The summed E-state index contributed by atoms with van der Waals surface area (Å²) < 4.78 is 78.7. The number of halogens is 6. The van der Waals surface area contributed by atoms with Crippen LogP contribution >= 0.6 is 0 Å². The Hall–Kier alpha value is -2.90. The van der Waals surface area contributed by atoms with Gasteiger partial charge in [-0.05, 0) is 6.42 Å². The molecule has 1 saturated heterocycles. The number of alkyl halides is 6. The van der Waals surface area contributed by atoms with Crippen LogP contribution in [0.25, 0.3) is 0 Å². The van der Waals surface area contributed by atoms with Crippen LogP contribution in [0.15, 0.2) is 12.4 Å². The van der Waals surface area contributed by atoms with Crippen LogP contribution in [0.5, 0.6) is 0 Å². The summed E-state index contributed by atoms with van der Waals surface area (Å²) in [5.74, 6) is -1.84. The summed E-state index contributed by atoms with van der Waals surface area (Å²) >= 11 is 0. The van der Waals surface area contributed by atoms with Gasteiger partial charge in [0.1, 0.15) is 5.82 Å². The lowest BCUT2D eigenvalue weighted by atomic mass is 9.83. The van der Waals surface area contributed by atoms with Crippen molar-refractivity contribution in [3.63, 3.8) is 0 Å². The summed E-state index contributed by atoms with van der Waals surface area (Å²) in [5.41, 5.74) is -5.09. The molecule has 4 heterocycles. The van der Waals surface area contributed by atoms with Gasteiger partial charge in [0.25, 0.3) is 0 Å². The number of nitrogens with zero attached hydrogens (tertiary/aromatic N) is 4. The molecule has 1 unspecified atom stereocenters. The van der Waals surface area contributed by atoms with Gasteiger partial charge < -0.3 is 15.3 Å². The van der Waals surface area contributed by atoms with Crippen molar-refractivity contribution in [1.82, 2.24) is 20.2 Å². The first kappa shape index (κ1) is 20.4. The molecule has 162 valence electrons. The third-order valence-electron chi connectivity index (χ3n) is 5.20. The normalized spacial score (nSPS) is 24.7. The number of H-pyrrole nitrogens is 1. The van der Waals surface area contributed by atoms with E-state index in [1.807, 2.05) is 0 Å². The van der Waals surface area contributed by atoms with Gasteiger partial charge in [-0.25, -0.2) is 9.97 Å². The third kappa shape index (κ3) is 3.24. The largest absolute Gasteiger partial charge is 0.434 e. The number of hydrogen-bond acceptors (Lipinski definition) is 6. The van der Waals surface area contributed by atoms with Crippen molar-refractivity contribution in [2.75, 3.05) is 23.3 Å². The molecule has 2 aliphatic heterocycles. The molecular formula is C16H14F6N6O2. The van der Waals surface area contributed by atoms with Gasteiger partial charge in [0.05, 0.1) is 24.4 Å². The van der Waals surface area contributed by atoms with Gasteiger partial charge in [0.15, 0.2) is 17.1 Å². The summed E-state index contributed by atoms with van der Waals surface area (Å²) in [6, 6.07) is 0. The average molecular weight is 436 g/mol. The highest BCUT2D eigenvalue weighted by Crippen LogP contribution is 2.49. The van der Waals surface area contributed by atoms with Crippen LogP contribution in [0.1, 0.15) is 35.7 Å². The lowest BCUT2D eigenvalue weighted by Crippen LogP contribution is -2.48. The summed E-state index contributed by atoms with van der Waals surface area (Å²) in [4.78, 5) is 20.3. The van der Waals surface area contributed by atoms with Crippen LogP contribution in [-0.4, -0.2) is 50.4 Å². The van der Waals surface area contributed by atoms with Gasteiger partial charge in [-0.2, -0.15) is 31.4 Å². The fourth-order valence-corrected chi connectivity index (χ4v) is 3.73. The van der Waals surface area contributed by atoms with E-state index in [0.29, 0.717) is 12.6 Å². The summed E-state index contributed by atoms with van der Waals surface area (Å²) in [5, 5.41) is 18.8. The lowest BCUT2D eigenvalue weighted by Gasteiger charge is -2.34. The molecule has 2 aliphatic rings. The number of hydrogen-bond donors (Lipinski definition) is 3. The maximum Gasteiger partial charge on any atom is 0.434 e. The molecule has 2 aromatic heterocycles. The van der Waals surface area contributed by atoms with E-state index in [4.69, 9.17) is 0 Å². The van der Waals surface area contributed by atoms with Crippen LogP contribution in [0.4, 0.5) is 38.0 Å². The highest BCUT2D eigenvalue weighted by molar-refractivity contribution is 5.94. The maximum atomic E-state index is 13.6. The molecule has 30 heavy (non-hydrogen) atoms. The number of carbonyl (C=O) groups excluding carboxylic acids is 1. The lowest BCUT2D eigenvalue weighted by molar-refractivity contribution is -0.267. The molecule has 4 rings (SSSR count). The minimum Gasteiger partial charge on any atom is -0.376 e. The van der Waals surface area contributed by atoms with Crippen molar-refractivity contribution in [3.05, 3.63) is 29.3 Å². The molecule has 0 aromatic carbocycles. The number of carbonyl (C=O) groups is 1. The Labute approximate surface area is 164 Å². The second-order valence-electron chi connectivity index (χ2n) is 7.13. The molecule has 2 atom stereocenters. The van der Waals surface area contributed by atoms with E-state index in [1.54, 1.807) is 4.90 Å². The van der Waals surface area contributed by atoms with Crippen molar-refractivity contribution in [2.24, 2.45) is 0 Å². The monoisotopic (exact) mass is 436 g/mol. The summed E-state index contributed by atoms with van der Waals surface area (Å²) in [6.07, 6.45) is -9.11. The van der Waals surface area contributed by atoms with Crippen molar-refractivity contribution in [2.45, 2.75) is 36.7 Å². The van der Waals surface area contributed by atoms with Crippen LogP contribution in [0, 0.1) is 0 Å². The second-order valence-corrected chi connectivity index (χ2v) is 7.13. The molecule has 0 spiro atoms. The van der Waals surface area contributed by atoms with Gasteiger partial charge in [0, 0.05) is 24.7 Å². The highest BCUT2D eigenvalue weighted by Gasteiger charge is 2.61. The van der Waals surface area contributed by atoms with Crippen molar-refractivity contribution < 1.29 is 36.2 Å². The van der Waals surface area contributed by atoms with E-state index in [1.165, 1.54) is 0 Å². The molecule has 0 radical (unpaired) electrons. The van der Waals surface area contributed by atoms with E-state index in [2.05, 4.69) is 25.5 Å². The standard InChI is InChI=1S/C16H14F6N6O2/c17-15(18,19)8-4-24-9(5-23-8)28-2-1-7(6-28)12-11-13(27-26-12)25-10(29)3-14(11,30)16(20,21)22/h4-5,7,30H,1-3,6H2,(H2,25,26,27,29)/t7-,14?/m0/s1. The van der Waals surface area contributed by atoms with E-state index < -0.39 is 53.3 Å². The highest BCUT2D eigenvalue weighted by atomic mass is 19.4. The fourth-order valence-electron chi connectivity index (χ4n) is 3.73. The Morgan fingerprint density at radius 2 is 1.90 bits per heavy atom. The van der Waals surface area contributed by atoms with Crippen LogP contribution in [0.3, 0.4) is 0 Å². The molecule has 14 heteroatoms. The first-order chi connectivity index (χ1) is 13.9. The summed E-state index contributed by atoms with van der Waals surface area (Å²) in [7, 11) is 0. The molecule has 1 fully saturated rings. The molecular weight excluding hydrogens is 422 g/mol. The van der Waals surface area contributed by atoms with E-state index in [-0.39, 0.29) is 24.6 Å². The second kappa shape index (κ2) is 6.55. The molecule has 0 aliphatic carbocycles. The molecule has 8 nitrogen and oxygen atoms in total. The minimum atomic E-state index is -5.12. The van der Waals surface area contributed by atoms with Gasteiger partial charge in [0.2, 0.25) is 5.91 Å². The SMILES string of the molecule is O=C1CC(O)(C(F)(F)F)c2c(n[nH]c2[C@H]2CCN(c3cnc(C(F)(F)F)cn3)C2)N1. The predicted octanol–water partition coefficient (Wildman–Crippen LogP) is 2.30. The van der Waals surface area contributed by atoms with Gasteiger partial charge in [-0.15, -0.1) is 0 Å². The van der Waals surface area contributed by atoms with E-state index in [0.717, 1.165) is 6.20 Å². The predicted molar refractivity (Wildman–Crippen MR) is 88.4 cm³/mol. The molecule has 0 saturated carbocycles. The average Bonchev–Trinajstić information content (AvgIpc) is 3.27. The van der Waals surface area contributed by atoms with Crippen LogP contribution < -0.4 is 10.2 Å². The molecule has 1 amide bonds. The number of aromatic nitrogens is 4. The number of fused-ring (bicyclic) bond motifs is 1. The number of aromatic amines is 1. The third-order valence-corrected chi connectivity index (χ3v) is 5.20. The topological polar surface area (TPSA) is 107 Å². The molecule has 0 bridgehead atoms.